The summed E-state index contributed by atoms with van der Waals surface area (Å²) in [6.07, 6.45) is -1.29. The molecule has 2 aromatic rings. The fourth-order valence-corrected chi connectivity index (χ4v) is 8.02. The van der Waals surface area contributed by atoms with E-state index in [1.807, 2.05) is 43.3 Å². The fraction of sp³-hybridized carbons (Fsp3) is 0.455. The van der Waals surface area contributed by atoms with Gasteiger partial charge in [0.2, 0.25) is 0 Å². The first-order valence-electron chi connectivity index (χ1n) is 9.31. The largest absolute Gasteiger partial charge is 0.405 e. The molecule has 0 spiro atoms. The van der Waals surface area contributed by atoms with E-state index in [4.69, 9.17) is 4.43 Å². The third-order valence-corrected chi connectivity index (χ3v) is 10.3. The second-order valence-corrected chi connectivity index (χ2v) is 12.4. The maximum Gasteiger partial charge on any atom is 0.261 e. The van der Waals surface area contributed by atoms with Crippen LogP contribution in [-0.4, -0.2) is 37.3 Å². The van der Waals surface area contributed by atoms with E-state index in [9.17, 15) is 10.2 Å². The Morgan fingerprint density at radius 3 is 1.62 bits per heavy atom. The van der Waals surface area contributed by atoms with Crippen molar-refractivity contribution in [3.05, 3.63) is 60.7 Å². The van der Waals surface area contributed by atoms with Crippen LogP contribution in [0, 0.1) is 5.92 Å². The first kappa shape index (κ1) is 20.8. The zero-order valence-corrected chi connectivity index (χ0v) is 17.5. The van der Waals surface area contributed by atoms with E-state index in [-0.39, 0.29) is 17.6 Å². The molecule has 3 atom stereocenters. The van der Waals surface area contributed by atoms with Gasteiger partial charge < -0.3 is 14.6 Å². The van der Waals surface area contributed by atoms with E-state index in [1.165, 1.54) is 10.4 Å². The van der Waals surface area contributed by atoms with Gasteiger partial charge in [-0.2, -0.15) is 0 Å². The molecule has 0 bridgehead atoms. The number of hydrogen-bond donors (Lipinski definition) is 2. The number of hydrogen-bond acceptors (Lipinski definition) is 3. The Balaban J connectivity index is 2.51. The highest BCUT2D eigenvalue weighted by atomic mass is 28.4. The smallest absolute Gasteiger partial charge is 0.261 e. The predicted molar refractivity (Wildman–Crippen MR) is 110 cm³/mol. The first-order chi connectivity index (χ1) is 12.2. The monoisotopic (exact) mass is 372 g/mol. The SMILES string of the molecule is C[C@H]([C@H](C)O)[C@@H](O)CO[Si](c1ccccc1)(c1ccccc1)C(C)(C)C. The van der Waals surface area contributed by atoms with Gasteiger partial charge in [-0.1, -0.05) is 88.4 Å². The van der Waals surface area contributed by atoms with Crippen molar-refractivity contribution in [2.45, 2.75) is 51.9 Å². The van der Waals surface area contributed by atoms with Crippen molar-refractivity contribution in [1.82, 2.24) is 0 Å². The Morgan fingerprint density at radius 1 is 0.846 bits per heavy atom. The maximum absolute atomic E-state index is 10.5. The standard InChI is InChI=1S/C22H32O3Si/c1-17(18(2)23)21(24)16-25-26(22(3,4)5,19-12-8-6-9-13-19)20-14-10-7-11-15-20/h6-15,17-18,21,23-24H,16H2,1-5H3/t17-,18+,21+/m1/s1. The summed E-state index contributed by atoms with van der Waals surface area (Å²) in [5.74, 6) is -0.242. The minimum Gasteiger partial charge on any atom is -0.405 e. The summed E-state index contributed by atoms with van der Waals surface area (Å²) in [7, 11) is -2.63. The highest BCUT2D eigenvalue weighted by Gasteiger charge is 2.50. The molecule has 0 aromatic heterocycles. The van der Waals surface area contributed by atoms with Crippen molar-refractivity contribution in [2.75, 3.05) is 6.61 Å². The Hall–Kier alpha value is -1.46. The third kappa shape index (κ3) is 4.26. The van der Waals surface area contributed by atoms with Gasteiger partial charge in [0.1, 0.15) is 0 Å². The van der Waals surface area contributed by atoms with E-state index in [2.05, 4.69) is 45.0 Å². The fourth-order valence-electron chi connectivity index (χ4n) is 3.45. The molecule has 0 heterocycles. The average Bonchev–Trinajstić information content (AvgIpc) is 2.62. The predicted octanol–water partition coefficient (Wildman–Crippen LogP) is 2.94. The van der Waals surface area contributed by atoms with Gasteiger partial charge in [-0.05, 0) is 22.3 Å². The normalized spacial score (nSPS) is 16.1. The third-order valence-electron chi connectivity index (χ3n) is 5.26. The van der Waals surface area contributed by atoms with Crippen molar-refractivity contribution in [3.63, 3.8) is 0 Å². The van der Waals surface area contributed by atoms with Crippen molar-refractivity contribution in [2.24, 2.45) is 5.92 Å². The summed E-state index contributed by atoms with van der Waals surface area (Å²) in [5.41, 5.74) is 0. The zero-order chi connectivity index (χ0) is 19.4. The topological polar surface area (TPSA) is 49.7 Å². The van der Waals surface area contributed by atoms with Crippen molar-refractivity contribution < 1.29 is 14.6 Å². The van der Waals surface area contributed by atoms with Gasteiger partial charge in [0, 0.05) is 5.92 Å². The van der Waals surface area contributed by atoms with Crippen LogP contribution in [0.3, 0.4) is 0 Å². The molecule has 0 radical (unpaired) electrons. The van der Waals surface area contributed by atoms with E-state index in [1.54, 1.807) is 6.92 Å². The highest BCUT2D eigenvalue weighted by Crippen LogP contribution is 2.37. The molecule has 4 heteroatoms. The summed E-state index contributed by atoms with van der Waals surface area (Å²) >= 11 is 0. The van der Waals surface area contributed by atoms with Gasteiger partial charge in [-0.3, -0.25) is 0 Å². The van der Waals surface area contributed by atoms with E-state index < -0.39 is 20.5 Å². The molecule has 0 fully saturated rings. The molecule has 3 nitrogen and oxygen atoms in total. The zero-order valence-electron chi connectivity index (χ0n) is 16.5. The minimum atomic E-state index is -2.63. The molecule has 0 aliphatic carbocycles. The van der Waals surface area contributed by atoms with Crippen LogP contribution in [0.25, 0.3) is 0 Å². The lowest BCUT2D eigenvalue weighted by molar-refractivity contribution is 0.00311. The number of aliphatic hydroxyl groups is 2. The minimum absolute atomic E-state index is 0.122. The molecule has 0 saturated carbocycles. The molecule has 0 unspecified atom stereocenters. The molecule has 2 aromatic carbocycles. The van der Waals surface area contributed by atoms with Crippen LogP contribution in [0.4, 0.5) is 0 Å². The average molecular weight is 373 g/mol. The van der Waals surface area contributed by atoms with Gasteiger partial charge in [0.15, 0.2) is 0 Å². The second kappa shape index (κ2) is 8.48. The lowest BCUT2D eigenvalue weighted by Crippen LogP contribution is -2.67. The lowest BCUT2D eigenvalue weighted by atomic mass is 10.0. The van der Waals surface area contributed by atoms with Crippen LogP contribution in [-0.2, 0) is 4.43 Å². The molecule has 2 rings (SSSR count). The summed E-state index contributed by atoms with van der Waals surface area (Å²) in [6, 6.07) is 20.7. The van der Waals surface area contributed by atoms with Gasteiger partial charge in [-0.25, -0.2) is 0 Å². The molecule has 0 amide bonds. The molecule has 0 aliphatic heterocycles. The van der Waals surface area contributed by atoms with Crippen LogP contribution in [0.2, 0.25) is 5.04 Å². The number of aliphatic hydroxyl groups excluding tert-OH is 2. The van der Waals surface area contributed by atoms with Gasteiger partial charge in [0.05, 0.1) is 18.8 Å². The lowest BCUT2D eigenvalue weighted by Gasteiger charge is -2.43. The Labute approximate surface area is 158 Å². The highest BCUT2D eigenvalue weighted by molar-refractivity contribution is 6.99. The van der Waals surface area contributed by atoms with Crippen LogP contribution in [0.5, 0.6) is 0 Å². The second-order valence-electron chi connectivity index (χ2n) is 8.14. The Morgan fingerprint density at radius 2 is 1.27 bits per heavy atom. The summed E-state index contributed by atoms with van der Waals surface area (Å²) in [5, 5.41) is 22.6. The Kier molecular flexibility index (Phi) is 6.80. The first-order valence-corrected chi connectivity index (χ1v) is 11.2. The molecule has 26 heavy (non-hydrogen) atoms. The van der Waals surface area contributed by atoms with Crippen molar-refractivity contribution in [3.8, 4) is 0 Å². The Bertz CT molecular complexity index is 625. The molecular formula is C22H32O3Si. The summed E-state index contributed by atoms with van der Waals surface area (Å²) in [6.45, 7) is 10.4. The van der Waals surface area contributed by atoms with Crippen LogP contribution < -0.4 is 10.4 Å². The van der Waals surface area contributed by atoms with Crippen LogP contribution in [0.1, 0.15) is 34.6 Å². The van der Waals surface area contributed by atoms with Gasteiger partial charge in [0.25, 0.3) is 8.32 Å². The molecule has 0 saturated heterocycles. The summed E-state index contributed by atoms with van der Waals surface area (Å²) < 4.78 is 6.68. The van der Waals surface area contributed by atoms with Crippen molar-refractivity contribution >= 4 is 18.7 Å². The quantitative estimate of drug-likeness (QED) is 0.735. The van der Waals surface area contributed by atoms with Crippen LogP contribution >= 0.6 is 0 Å². The molecule has 2 N–H and O–H groups in total. The van der Waals surface area contributed by atoms with E-state index in [0.717, 1.165) is 0 Å². The van der Waals surface area contributed by atoms with Gasteiger partial charge in [-0.15, -0.1) is 0 Å². The molecule has 142 valence electrons. The summed E-state index contributed by atoms with van der Waals surface area (Å²) in [4.78, 5) is 0. The van der Waals surface area contributed by atoms with Crippen LogP contribution in [0.15, 0.2) is 60.7 Å². The van der Waals surface area contributed by atoms with Crippen molar-refractivity contribution in [1.29, 1.82) is 0 Å². The van der Waals surface area contributed by atoms with Gasteiger partial charge >= 0.3 is 0 Å². The number of rotatable bonds is 7. The number of benzene rings is 2. The van der Waals surface area contributed by atoms with E-state index in [0.29, 0.717) is 0 Å². The molecule has 0 aliphatic rings. The molecular weight excluding hydrogens is 340 g/mol. The maximum atomic E-state index is 10.5. The van der Waals surface area contributed by atoms with E-state index >= 15 is 0 Å².